The van der Waals surface area contributed by atoms with Crippen molar-refractivity contribution in [2.24, 2.45) is 0 Å². The van der Waals surface area contributed by atoms with Gasteiger partial charge >= 0.3 is 0 Å². The SMILES string of the molecule is Cl.Nc1c[nH]c2ccccc2c1=S. The average Bonchev–Trinajstić information content (AvgIpc) is 2.12. The molecule has 4 heteroatoms. The number of fused-ring (bicyclic) bond motifs is 1. The van der Waals surface area contributed by atoms with Crippen LogP contribution in [0.25, 0.3) is 10.9 Å². The van der Waals surface area contributed by atoms with Gasteiger partial charge in [-0.3, -0.25) is 0 Å². The number of para-hydroxylation sites is 1. The lowest BCUT2D eigenvalue weighted by atomic mass is 10.2. The topological polar surface area (TPSA) is 41.8 Å². The fraction of sp³-hybridized carbons (Fsp3) is 0. The molecule has 1 heterocycles. The molecule has 0 bridgehead atoms. The molecule has 1 aromatic heterocycles. The minimum Gasteiger partial charge on any atom is -0.396 e. The summed E-state index contributed by atoms with van der Waals surface area (Å²) in [4.78, 5) is 3.07. The van der Waals surface area contributed by atoms with Gasteiger partial charge in [0.05, 0.1) is 10.2 Å². The molecule has 2 nitrogen and oxygen atoms in total. The van der Waals surface area contributed by atoms with Gasteiger partial charge in [-0.2, -0.15) is 0 Å². The van der Waals surface area contributed by atoms with Crippen LogP contribution in [0.2, 0.25) is 0 Å². The maximum absolute atomic E-state index is 5.65. The number of hydrogen-bond acceptors (Lipinski definition) is 2. The van der Waals surface area contributed by atoms with E-state index in [1.165, 1.54) is 0 Å². The van der Waals surface area contributed by atoms with E-state index in [0.29, 0.717) is 5.69 Å². The molecule has 0 saturated heterocycles. The zero-order chi connectivity index (χ0) is 8.55. The highest BCUT2D eigenvalue weighted by Gasteiger charge is 1.95. The standard InChI is InChI=1S/C9H8N2S.ClH/c10-7-5-11-8-4-2-1-3-6(8)9(7)12;/h1-5H,10H2,(H,11,12);1H. The lowest BCUT2D eigenvalue weighted by Gasteiger charge is -1.99. The van der Waals surface area contributed by atoms with Crippen molar-refractivity contribution in [1.29, 1.82) is 0 Å². The van der Waals surface area contributed by atoms with Gasteiger partial charge in [-0.05, 0) is 6.07 Å². The van der Waals surface area contributed by atoms with E-state index < -0.39 is 0 Å². The van der Waals surface area contributed by atoms with E-state index >= 15 is 0 Å². The molecule has 0 spiro atoms. The monoisotopic (exact) mass is 212 g/mol. The maximum atomic E-state index is 5.65. The Balaban J connectivity index is 0.000000845. The number of benzene rings is 1. The molecule has 0 radical (unpaired) electrons. The summed E-state index contributed by atoms with van der Waals surface area (Å²) in [5.74, 6) is 0. The molecule has 0 unspecified atom stereocenters. The highest BCUT2D eigenvalue weighted by Crippen LogP contribution is 2.16. The Hall–Kier alpha value is -1.06. The van der Waals surface area contributed by atoms with Crippen LogP contribution in [0.5, 0.6) is 0 Å². The first kappa shape index (κ1) is 10.0. The van der Waals surface area contributed by atoms with E-state index in [9.17, 15) is 0 Å². The Labute approximate surface area is 87.2 Å². The summed E-state index contributed by atoms with van der Waals surface area (Å²) in [6, 6.07) is 7.85. The minimum absolute atomic E-state index is 0. The normalized spacial score (nSPS) is 9.54. The Morgan fingerprint density at radius 3 is 2.69 bits per heavy atom. The van der Waals surface area contributed by atoms with E-state index in [1.807, 2.05) is 24.3 Å². The number of hydrogen-bond donors (Lipinski definition) is 2. The predicted octanol–water partition coefficient (Wildman–Crippen LogP) is 2.90. The number of aromatic amines is 1. The van der Waals surface area contributed by atoms with Crippen molar-refractivity contribution < 1.29 is 0 Å². The molecule has 0 aliphatic carbocycles. The third-order valence-corrected chi connectivity index (χ3v) is 2.27. The van der Waals surface area contributed by atoms with Gasteiger partial charge in [0, 0.05) is 17.1 Å². The zero-order valence-electron chi connectivity index (χ0n) is 6.78. The smallest absolute Gasteiger partial charge is 0.0714 e. The van der Waals surface area contributed by atoms with Gasteiger partial charge in [-0.25, -0.2) is 0 Å². The van der Waals surface area contributed by atoms with Crippen LogP contribution in [-0.2, 0) is 0 Å². The number of pyridine rings is 1. The molecule has 0 aliphatic heterocycles. The van der Waals surface area contributed by atoms with E-state index in [4.69, 9.17) is 18.0 Å². The van der Waals surface area contributed by atoms with E-state index in [2.05, 4.69) is 4.98 Å². The summed E-state index contributed by atoms with van der Waals surface area (Å²) in [5.41, 5.74) is 7.30. The molecule has 1 aromatic carbocycles. The molecule has 3 N–H and O–H groups in total. The second-order valence-electron chi connectivity index (χ2n) is 2.62. The molecule has 0 aliphatic rings. The summed E-state index contributed by atoms with van der Waals surface area (Å²) in [7, 11) is 0. The van der Waals surface area contributed by atoms with Crippen LogP contribution in [0.4, 0.5) is 5.69 Å². The third-order valence-electron chi connectivity index (χ3n) is 1.82. The fourth-order valence-corrected chi connectivity index (χ4v) is 1.42. The molecular weight excluding hydrogens is 204 g/mol. The van der Waals surface area contributed by atoms with Crippen LogP contribution in [0, 0.1) is 4.51 Å². The van der Waals surface area contributed by atoms with Crippen LogP contribution < -0.4 is 5.73 Å². The Bertz CT molecular complexity index is 478. The first-order valence-electron chi connectivity index (χ1n) is 3.65. The summed E-state index contributed by atoms with van der Waals surface area (Å²) < 4.78 is 0.726. The number of halogens is 1. The van der Waals surface area contributed by atoms with Gasteiger partial charge < -0.3 is 10.7 Å². The molecule has 0 atom stereocenters. The largest absolute Gasteiger partial charge is 0.396 e. The van der Waals surface area contributed by atoms with E-state index in [0.717, 1.165) is 15.4 Å². The van der Waals surface area contributed by atoms with Crippen LogP contribution in [0.15, 0.2) is 30.5 Å². The van der Waals surface area contributed by atoms with E-state index in [-0.39, 0.29) is 12.4 Å². The average molecular weight is 213 g/mol. The van der Waals surface area contributed by atoms with Crippen molar-refractivity contribution in [3.8, 4) is 0 Å². The van der Waals surface area contributed by atoms with Crippen molar-refractivity contribution in [2.45, 2.75) is 0 Å². The van der Waals surface area contributed by atoms with Gasteiger partial charge in [-0.15, -0.1) is 12.4 Å². The molecular formula is C9H9ClN2S. The zero-order valence-corrected chi connectivity index (χ0v) is 8.41. The highest BCUT2D eigenvalue weighted by atomic mass is 35.5. The van der Waals surface area contributed by atoms with E-state index in [1.54, 1.807) is 6.20 Å². The van der Waals surface area contributed by atoms with Crippen LogP contribution >= 0.6 is 24.6 Å². The van der Waals surface area contributed by atoms with Crippen LogP contribution in [0.3, 0.4) is 0 Å². The van der Waals surface area contributed by atoms with Crippen molar-refractivity contribution >= 4 is 41.2 Å². The van der Waals surface area contributed by atoms with Crippen molar-refractivity contribution in [1.82, 2.24) is 4.98 Å². The Kier molecular flexibility index (Phi) is 2.90. The molecule has 68 valence electrons. The highest BCUT2D eigenvalue weighted by molar-refractivity contribution is 7.71. The van der Waals surface area contributed by atoms with Gasteiger partial charge in [-0.1, -0.05) is 30.4 Å². The summed E-state index contributed by atoms with van der Waals surface area (Å²) in [5, 5.41) is 1.01. The second-order valence-corrected chi connectivity index (χ2v) is 3.03. The number of H-pyrrole nitrogens is 1. The summed E-state index contributed by atoms with van der Waals surface area (Å²) in [6.07, 6.45) is 1.73. The Morgan fingerprint density at radius 2 is 1.92 bits per heavy atom. The summed E-state index contributed by atoms with van der Waals surface area (Å²) >= 11 is 5.15. The first-order chi connectivity index (χ1) is 5.79. The van der Waals surface area contributed by atoms with Gasteiger partial charge in [0.1, 0.15) is 0 Å². The minimum atomic E-state index is 0. The number of nitrogens with one attached hydrogen (secondary N) is 1. The number of nitrogen functional groups attached to an aromatic ring is 1. The predicted molar refractivity (Wildman–Crippen MR) is 60.8 cm³/mol. The lowest BCUT2D eigenvalue weighted by molar-refractivity contribution is 1.41. The van der Waals surface area contributed by atoms with Crippen molar-refractivity contribution in [3.63, 3.8) is 0 Å². The third kappa shape index (κ3) is 1.66. The molecule has 0 amide bonds. The number of rotatable bonds is 0. The molecule has 2 rings (SSSR count). The quantitative estimate of drug-likeness (QED) is 0.660. The second kappa shape index (κ2) is 3.77. The summed E-state index contributed by atoms with van der Waals surface area (Å²) in [6.45, 7) is 0. The first-order valence-corrected chi connectivity index (χ1v) is 4.06. The molecule has 0 fully saturated rings. The van der Waals surface area contributed by atoms with Gasteiger partial charge in [0.2, 0.25) is 0 Å². The number of anilines is 1. The van der Waals surface area contributed by atoms with Crippen LogP contribution in [0.1, 0.15) is 0 Å². The van der Waals surface area contributed by atoms with Gasteiger partial charge in [0.15, 0.2) is 0 Å². The fourth-order valence-electron chi connectivity index (χ4n) is 1.18. The molecule has 2 aromatic rings. The van der Waals surface area contributed by atoms with Crippen molar-refractivity contribution in [2.75, 3.05) is 5.73 Å². The maximum Gasteiger partial charge on any atom is 0.0714 e. The number of nitrogens with two attached hydrogens (primary N) is 1. The molecule has 0 saturated carbocycles. The Morgan fingerprint density at radius 1 is 1.23 bits per heavy atom. The van der Waals surface area contributed by atoms with Crippen LogP contribution in [-0.4, -0.2) is 4.98 Å². The molecule has 13 heavy (non-hydrogen) atoms. The van der Waals surface area contributed by atoms with Crippen molar-refractivity contribution in [3.05, 3.63) is 35.0 Å². The number of aromatic nitrogens is 1. The lowest BCUT2D eigenvalue weighted by Crippen LogP contribution is -1.88. The van der Waals surface area contributed by atoms with Gasteiger partial charge in [0.25, 0.3) is 0 Å².